The van der Waals surface area contributed by atoms with Crippen LogP contribution in [0.4, 0.5) is 39.5 Å². The highest BCUT2D eigenvalue weighted by atomic mass is 19.4. The Labute approximate surface area is 752 Å². The van der Waals surface area contributed by atoms with Crippen LogP contribution < -0.4 is 0 Å². The molecular formula is C98H106F9N19O5. The Bertz CT molecular complexity index is 6230. The average molecular weight is 1800 g/mol. The number of nitrogens with zero attached hydrogens (tertiary/aromatic N) is 19. The second-order valence-corrected chi connectivity index (χ2v) is 38.7. The van der Waals surface area contributed by atoms with Crippen LogP contribution in [0.5, 0.6) is 0 Å². The summed E-state index contributed by atoms with van der Waals surface area (Å²) < 4.78 is 127. The van der Waals surface area contributed by atoms with Crippen LogP contribution in [0.3, 0.4) is 0 Å². The lowest BCUT2D eigenvalue weighted by atomic mass is 9.96. The number of Topliss-reactive ketones (excluding diaryl/α,β-unsaturated/α-hetero) is 5. The van der Waals surface area contributed by atoms with Gasteiger partial charge in [0.25, 0.3) is 17.3 Å². The van der Waals surface area contributed by atoms with Crippen molar-refractivity contribution in [3.05, 3.63) is 216 Å². The fraction of sp³-hybridized carbons (Fsp3) is 0.378. The Morgan fingerprint density at radius 2 is 0.649 bits per heavy atom. The number of carbonyl (C=O) groups is 5. The number of hydrogen-bond donors (Lipinski definition) is 0. The Morgan fingerprint density at radius 1 is 0.298 bits per heavy atom. The van der Waals surface area contributed by atoms with Crippen molar-refractivity contribution in [2.24, 2.45) is 27.1 Å². The van der Waals surface area contributed by atoms with Crippen molar-refractivity contribution in [2.45, 2.75) is 217 Å². The lowest BCUT2D eigenvalue weighted by Crippen LogP contribution is -2.24. The topological polar surface area (TPSA) is 290 Å². The van der Waals surface area contributed by atoms with E-state index in [-0.39, 0.29) is 65.9 Å². The molecule has 686 valence electrons. The summed E-state index contributed by atoms with van der Waals surface area (Å²) in [4.78, 5) is 111. The zero-order valence-corrected chi connectivity index (χ0v) is 77.8. The van der Waals surface area contributed by atoms with Crippen LogP contribution in [0.15, 0.2) is 147 Å². The minimum atomic E-state index is -4.99. The zero-order valence-electron chi connectivity index (χ0n) is 77.8. The number of ketones is 5. The number of alkyl halides is 9. The molecule has 0 radical (unpaired) electrons. The molecule has 0 unspecified atom stereocenters. The normalized spacial score (nSPS) is 12.3. The van der Waals surface area contributed by atoms with E-state index in [2.05, 4.69) is 124 Å². The smallest absolute Gasteiger partial charge is 0.346 e. The van der Waals surface area contributed by atoms with Crippen molar-refractivity contribution >= 4 is 83.4 Å². The van der Waals surface area contributed by atoms with Crippen LogP contribution in [-0.2, 0) is 32.7 Å². The molecule has 12 heterocycles. The van der Waals surface area contributed by atoms with Crippen LogP contribution in [0.2, 0.25) is 0 Å². The summed E-state index contributed by atoms with van der Waals surface area (Å²) in [5.74, 6) is -2.37. The number of hydrogen-bond acceptors (Lipinski definition) is 19. The summed E-state index contributed by atoms with van der Waals surface area (Å²) in [7, 11) is 0. The number of halogens is 9. The van der Waals surface area contributed by atoms with Gasteiger partial charge in [-0.25, -0.2) is 49.8 Å². The molecule has 33 heteroatoms. The molecule has 0 amide bonds. The lowest BCUT2D eigenvalue weighted by Gasteiger charge is -2.20. The number of aromatic nitrogens is 19. The van der Waals surface area contributed by atoms with Crippen LogP contribution in [0.1, 0.15) is 210 Å². The fourth-order valence-electron chi connectivity index (χ4n) is 14.8. The van der Waals surface area contributed by atoms with Gasteiger partial charge in [0.15, 0.2) is 11.6 Å². The van der Waals surface area contributed by atoms with E-state index in [1.807, 2.05) is 118 Å². The molecule has 0 bridgehead atoms. The molecule has 0 aliphatic heterocycles. The van der Waals surface area contributed by atoms with Crippen molar-refractivity contribution in [1.29, 1.82) is 0 Å². The zero-order chi connectivity index (χ0) is 96.7. The van der Waals surface area contributed by atoms with Crippen molar-refractivity contribution in [3.8, 4) is 55.9 Å². The van der Waals surface area contributed by atoms with Gasteiger partial charge < -0.3 is 13.7 Å². The van der Waals surface area contributed by atoms with Gasteiger partial charge in [0.05, 0.1) is 56.5 Å². The van der Waals surface area contributed by atoms with Crippen molar-refractivity contribution in [3.63, 3.8) is 0 Å². The molecule has 0 saturated heterocycles. The lowest BCUT2D eigenvalue weighted by molar-refractivity contribution is -0.0889. The maximum Gasteiger partial charge on any atom is 0.456 e. The predicted molar refractivity (Wildman–Crippen MR) is 488 cm³/mol. The molecule has 12 aromatic heterocycles. The molecule has 0 atom stereocenters. The third kappa shape index (κ3) is 24.4. The molecule has 0 N–H and O–H groups in total. The number of pyridine rings is 2. The molecule has 0 fully saturated rings. The number of fused-ring (bicyclic) bond motifs is 5. The monoisotopic (exact) mass is 1800 g/mol. The van der Waals surface area contributed by atoms with Crippen LogP contribution >= 0.6 is 0 Å². The molecule has 0 aliphatic carbocycles. The first-order chi connectivity index (χ1) is 60.7. The molecule has 24 nitrogen and oxygen atoms in total. The van der Waals surface area contributed by atoms with Crippen molar-refractivity contribution < 1.29 is 63.5 Å². The summed E-state index contributed by atoms with van der Waals surface area (Å²) >= 11 is 0. The van der Waals surface area contributed by atoms with Gasteiger partial charge in [0.2, 0.25) is 0 Å². The number of aryl methyl sites for hydroxylation is 7. The molecule has 3 aromatic carbocycles. The second kappa shape index (κ2) is 37.6. The predicted octanol–water partition coefficient (Wildman–Crippen LogP) is 23.1. The molecule has 131 heavy (non-hydrogen) atoms. The van der Waals surface area contributed by atoms with Crippen molar-refractivity contribution in [2.75, 3.05) is 0 Å². The van der Waals surface area contributed by atoms with Crippen LogP contribution in [0.25, 0.3) is 110 Å². The number of rotatable bonds is 15. The van der Waals surface area contributed by atoms with Crippen LogP contribution in [0, 0.1) is 75.5 Å². The van der Waals surface area contributed by atoms with Gasteiger partial charge >= 0.3 is 18.5 Å². The largest absolute Gasteiger partial charge is 0.456 e. The summed E-state index contributed by atoms with van der Waals surface area (Å²) in [5, 5.41) is 11.1. The van der Waals surface area contributed by atoms with Gasteiger partial charge in [0.1, 0.15) is 40.5 Å². The number of benzene rings is 3. The highest BCUT2D eigenvalue weighted by molar-refractivity contribution is 6.13. The van der Waals surface area contributed by atoms with E-state index in [0.29, 0.717) is 92.9 Å². The van der Waals surface area contributed by atoms with E-state index in [1.54, 1.807) is 124 Å². The highest BCUT2D eigenvalue weighted by Gasteiger charge is 2.44. The van der Waals surface area contributed by atoms with Gasteiger partial charge in [-0.3, -0.25) is 43.3 Å². The minimum absolute atomic E-state index is 0.0191. The molecule has 15 aromatic rings. The molecule has 0 aliphatic rings. The standard InChI is InChI=1S/C20H20F3N3O.2C20H24N4O.2C19H19F3N4O/c1-12-24-8-14(9-25-12)13-5-6-17-15(7-13)16(18(27)20(21,22)23)10-26(17)11-19(2,3)4;1-12-19-16(7-18(23-12)15-8-21-14(3)22-9-15)17(13(2)25)10-24(19)11-20(4,5)6;1-12-7-15(16-9-21-14(3)22-10-16)8-17-18(13(2)25)23-24(19(12)17)11-20(4,5)6;1-11-23-6-12(7-24-11)15-5-13-14(17(27)19(20,21)22)9-26(10-18(2,3)4)16(13)8-25-15;1-11-23-8-13(9-24-11)12-5-6-15-14(7-12)16(17(27)19(20,21)22)25-26(15)10-18(2,3)4/h5-10H,11H2,1-4H3;2*7-10H,11H2,1-6H3;2*5-9H,10H2,1-4H3. The van der Waals surface area contributed by atoms with E-state index < -0.39 is 41.6 Å². The Balaban J connectivity index is 0.000000158. The van der Waals surface area contributed by atoms with Crippen molar-refractivity contribution in [1.82, 2.24) is 93.1 Å². The van der Waals surface area contributed by atoms with E-state index in [1.165, 1.54) is 35.4 Å². The van der Waals surface area contributed by atoms with Gasteiger partial charge in [0, 0.05) is 186 Å². The Morgan fingerprint density at radius 3 is 1.07 bits per heavy atom. The first-order valence-corrected chi connectivity index (χ1v) is 42.1. The first-order valence-electron chi connectivity index (χ1n) is 42.1. The van der Waals surface area contributed by atoms with Crippen LogP contribution in [-0.4, -0.2) is 141 Å². The summed E-state index contributed by atoms with van der Waals surface area (Å²) in [5.41, 5.74) is 12.3. The molecular weight excluding hydrogens is 1690 g/mol. The third-order valence-corrected chi connectivity index (χ3v) is 20.3. The summed E-state index contributed by atoms with van der Waals surface area (Å²) in [6.45, 7) is 49.8. The van der Waals surface area contributed by atoms with Gasteiger partial charge in [-0.05, 0) is 153 Å². The first kappa shape index (κ1) is 98.2. The maximum absolute atomic E-state index is 13.1. The highest BCUT2D eigenvalue weighted by Crippen LogP contribution is 2.40. The minimum Gasteiger partial charge on any atom is -0.346 e. The number of carbonyl (C=O) groups excluding carboxylic acids is 5. The average Bonchev–Trinajstić information content (AvgIpc) is 1.64. The van der Waals surface area contributed by atoms with E-state index in [0.717, 1.165) is 85.7 Å². The summed E-state index contributed by atoms with van der Waals surface area (Å²) in [6, 6.07) is 17.7. The molecule has 0 saturated carbocycles. The van der Waals surface area contributed by atoms with E-state index in [9.17, 15) is 63.5 Å². The Kier molecular flexibility index (Phi) is 28.2. The quantitative estimate of drug-likeness (QED) is 0.0680. The molecule has 0 spiro atoms. The fourth-order valence-corrected chi connectivity index (χ4v) is 14.8. The third-order valence-electron chi connectivity index (χ3n) is 20.3. The molecule has 15 rings (SSSR count). The Hall–Kier alpha value is -13.4. The van der Waals surface area contributed by atoms with E-state index >= 15 is 0 Å². The summed E-state index contributed by atoms with van der Waals surface area (Å²) in [6.07, 6.45) is 7.84. The van der Waals surface area contributed by atoms with Gasteiger partial charge in [-0.15, -0.1) is 0 Å². The van der Waals surface area contributed by atoms with Gasteiger partial charge in [-0.2, -0.15) is 49.7 Å². The second-order valence-electron chi connectivity index (χ2n) is 38.7. The SMILES string of the molecule is CC(=O)c1cn(CC(C)(C)C)c2c(C)nc(-c3cnc(C)nc3)cc12.CC(=O)c1nn(CC(C)(C)C)c2c(C)cc(-c3cnc(C)nc3)cc12.Cc1ncc(-c2cc3c(C(=O)C(F)(F)F)cn(CC(C)(C)C)c3cn2)cn1.Cc1ncc(-c2ccc3c(c2)c(C(=O)C(F)(F)F)cn3CC(C)(C)C)cn1.Cc1ncc(-c2ccc3c(c2)c(C(=O)C(F)(F)F)nn3CC(C)(C)C)cn1. The maximum atomic E-state index is 13.1. The van der Waals surface area contributed by atoms with Gasteiger partial charge in [-0.1, -0.05) is 116 Å². The van der Waals surface area contributed by atoms with E-state index in [4.69, 9.17) is 4.98 Å².